The Morgan fingerprint density at radius 2 is 1.62 bits per heavy atom. The fraction of sp³-hybridized carbons (Fsp3) is 0.360. The third-order valence-electron chi connectivity index (χ3n) is 5.37. The van der Waals surface area contributed by atoms with Gasteiger partial charge in [-0.25, -0.2) is 8.42 Å². The number of nitrogens with zero attached hydrogens (tertiary/aromatic N) is 1. The van der Waals surface area contributed by atoms with Gasteiger partial charge < -0.3 is 9.47 Å². The minimum Gasteiger partial charge on any atom is -0.493 e. The predicted molar refractivity (Wildman–Crippen MR) is 130 cm³/mol. The van der Waals surface area contributed by atoms with Crippen molar-refractivity contribution in [1.82, 2.24) is 4.31 Å². The SMILES string of the molecule is COc1ccc(CCN(Cc2cccs2)S(=O)(=O)c2ccc(C(C)(C)C)cc2)cc1OC. The number of thiophene rings is 1. The number of hydrogen-bond donors (Lipinski definition) is 0. The first-order valence-electron chi connectivity index (χ1n) is 10.5. The van der Waals surface area contributed by atoms with Crippen molar-refractivity contribution in [3.8, 4) is 11.5 Å². The van der Waals surface area contributed by atoms with E-state index in [0.29, 0.717) is 35.9 Å². The smallest absolute Gasteiger partial charge is 0.243 e. The van der Waals surface area contributed by atoms with E-state index in [1.807, 2.05) is 47.8 Å². The van der Waals surface area contributed by atoms with Gasteiger partial charge in [-0.2, -0.15) is 4.31 Å². The fourth-order valence-corrected chi connectivity index (χ4v) is 5.65. The minimum atomic E-state index is -3.65. The van der Waals surface area contributed by atoms with Crippen molar-refractivity contribution in [2.75, 3.05) is 20.8 Å². The maximum absolute atomic E-state index is 13.6. The second-order valence-corrected chi connectivity index (χ2v) is 11.6. The quantitative estimate of drug-likeness (QED) is 0.412. The summed E-state index contributed by atoms with van der Waals surface area (Å²) >= 11 is 1.56. The molecule has 0 unspecified atom stereocenters. The molecular formula is C25H31NO4S2. The van der Waals surface area contributed by atoms with E-state index in [1.165, 1.54) is 0 Å². The monoisotopic (exact) mass is 473 g/mol. The highest BCUT2D eigenvalue weighted by atomic mass is 32.2. The number of hydrogen-bond acceptors (Lipinski definition) is 5. The minimum absolute atomic E-state index is 0.0353. The zero-order valence-corrected chi connectivity index (χ0v) is 20.9. The molecule has 0 saturated carbocycles. The van der Waals surface area contributed by atoms with Gasteiger partial charge in [0.2, 0.25) is 10.0 Å². The van der Waals surface area contributed by atoms with Crippen molar-refractivity contribution in [2.45, 2.75) is 44.0 Å². The summed E-state index contributed by atoms with van der Waals surface area (Å²) in [5.41, 5.74) is 2.05. The lowest BCUT2D eigenvalue weighted by Gasteiger charge is -2.23. The normalized spacial score (nSPS) is 12.2. The van der Waals surface area contributed by atoms with Crippen LogP contribution in [0.15, 0.2) is 64.9 Å². The molecule has 0 aliphatic heterocycles. The summed E-state index contributed by atoms with van der Waals surface area (Å²) in [5, 5.41) is 1.96. The molecule has 32 heavy (non-hydrogen) atoms. The average molecular weight is 474 g/mol. The van der Waals surface area contributed by atoms with Crippen LogP contribution in [0.3, 0.4) is 0 Å². The Balaban J connectivity index is 1.87. The number of methoxy groups -OCH3 is 2. The number of sulfonamides is 1. The molecule has 0 radical (unpaired) electrons. The Morgan fingerprint density at radius 1 is 0.938 bits per heavy atom. The summed E-state index contributed by atoms with van der Waals surface area (Å²) in [4.78, 5) is 1.32. The maximum Gasteiger partial charge on any atom is 0.243 e. The maximum atomic E-state index is 13.6. The molecule has 7 heteroatoms. The first kappa shape index (κ1) is 24.3. The molecule has 3 aromatic rings. The topological polar surface area (TPSA) is 55.8 Å². The third-order valence-corrected chi connectivity index (χ3v) is 8.09. The summed E-state index contributed by atoms with van der Waals surface area (Å²) in [6.45, 7) is 7.04. The van der Waals surface area contributed by atoms with Crippen LogP contribution in [-0.4, -0.2) is 33.5 Å². The number of rotatable bonds is 9. The lowest BCUT2D eigenvalue weighted by molar-refractivity contribution is 0.354. The van der Waals surface area contributed by atoms with E-state index in [1.54, 1.807) is 42.0 Å². The highest BCUT2D eigenvalue weighted by Gasteiger charge is 2.26. The molecule has 0 bridgehead atoms. The Morgan fingerprint density at radius 3 is 2.19 bits per heavy atom. The van der Waals surface area contributed by atoms with E-state index in [-0.39, 0.29) is 5.41 Å². The molecule has 2 aromatic carbocycles. The van der Waals surface area contributed by atoms with E-state index in [0.717, 1.165) is 16.0 Å². The number of ether oxygens (including phenoxy) is 2. The van der Waals surface area contributed by atoms with E-state index in [9.17, 15) is 8.42 Å². The molecule has 1 heterocycles. The van der Waals surface area contributed by atoms with Crippen LogP contribution in [0.1, 0.15) is 36.8 Å². The lowest BCUT2D eigenvalue weighted by atomic mass is 9.87. The van der Waals surface area contributed by atoms with Crippen molar-refractivity contribution < 1.29 is 17.9 Å². The highest BCUT2D eigenvalue weighted by Crippen LogP contribution is 2.29. The van der Waals surface area contributed by atoms with Gasteiger partial charge in [-0.3, -0.25) is 0 Å². The van der Waals surface area contributed by atoms with Crippen LogP contribution in [0.2, 0.25) is 0 Å². The molecule has 5 nitrogen and oxygen atoms in total. The summed E-state index contributed by atoms with van der Waals surface area (Å²) in [7, 11) is -0.465. The fourth-order valence-electron chi connectivity index (χ4n) is 3.43. The molecular weight excluding hydrogens is 442 g/mol. The zero-order chi connectivity index (χ0) is 23.4. The molecule has 0 amide bonds. The highest BCUT2D eigenvalue weighted by molar-refractivity contribution is 7.89. The van der Waals surface area contributed by atoms with Gasteiger partial charge in [0.15, 0.2) is 11.5 Å². The summed E-state index contributed by atoms with van der Waals surface area (Å²) in [6.07, 6.45) is 0.561. The molecule has 0 atom stereocenters. The molecule has 0 aliphatic carbocycles. The standard InChI is InChI=1S/C25H31NO4S2/c1-25(2,3)20-9-11-22(12-10-20)32(27,28)26(18-21-7-6-16-31-21)15-14-19-8-13-23(29-4)24(17-19)30-5/h6-13,16-17H,14-15,18H2,1-5H3. The van der Waals surface area contributed by atoms with Crippen LogP contribution in [0.4, 0.5) is 0 Å². The van der Waals surface area contributed by atoms with Crippen molar-refractivity contribution in [1.29, 1.82) is 0 Å². The molecule has 1 aromatic heterocycles. The molecule has 172 valence electrons. The van der Waals surface area contributed by atoms with E-state index in [2.05, 4.69) is 20.8 Å². The van der Waals surface area contributed by atoms with E-state index in [4.69, 9.17) is 9.47 Å². The van der Waals surface area contributed by atoms with Crippen LogP contribution < -0.4 is 9.47 Å². The average Bonchev–Trinajstić information content (AvgIpc) is 3.29. The molecule has 0 spiro atoms. The second kappa shape index (κ2) is 10.1. The largest absolute Gasteiger partial charge is 0.493 e. The Kier molecular flexibility index (Phi) is 7.64. The third kappa shape index (κ3) is 5.71. The van der Waals surface area contributed by atoms with Crippen LogP contribution in [0.25, 0.3) is 0 Å². The molecule has 0 N–H and O–H groups in total. The molecule has 0 aliphatic rings. The van der Waals surface area contributed by atoms with Gasteiger partial charge >= 0.3 is 0 Å². The molecule has 0 saturated heterocycles. The van der Waals surface area contributed by atoms with Crippen molar-refractivity contribution >= 4 is 21.4 Å². The van der Waals surface area contributed by atoms with Gasteiger partial charge in [0, 0.05) is 18.0 Å². The zero-order valence-electron chi connectivity index (χ0n) is 19.3. The number of benzene rings is 2. The van der Waals surface area contributed by atoms with Crippen LogP contribution in [0.5, 0.6) is 11.5 Å². The van der Waals surface area contributed by atoms with Gasteiger partial charge in [0.1, 0.15) is 0 Å². The van der Waals surface area contributed by atoms with Crippen molar-refractivity contribution in [2.24, 2.45) is 0 Å². The molecule has 0 fully saturated rings. The first-order chi connectivity index (χ1) is 15.1. The van der Waals surface area contributed by atoms with E-state index < -0.39 is 10.0 Å². The summed E-state index contributed by atoms with van der Waals surface area (Å²) in [6, 6.07) is 16.8. The first-order valence-corrected chi connectivity index (χ1v) is 12.8. The Labute approximate surface area is 195 Å². The van der Waals surface area contributed by atoms with Crippen LogP contribution in [-0.2, 0) is 28.4 Å². The van der Waals surface area contributed by atoms with Gasteiger partial charge in [-0.15, -0.1) is 11.3 Å². The summed E-state index contributed by atoms with van der Waals surface area (Å²) in [5.74, 6) is 1.29. The van der Waals surface area contributed by atoms with Crippen molar-refractivity contribution in [3.05, 3.63) is 76.0 Å². The summed E-state index contributed by atoms with van der Waals surface area (Å²) < 4.78 is 39.3. The van der Waals surface area contributed by atoms with E-state index >= 15 is 0 Å². The Hall–Kier alpha value is -2.35. The van der Waals surface area contributed by atoms with Crippen LogP contribution >= 0.6 is 11.3 Å². The van der Waals surface area contributed by atoms with Crippen LogP contribution in [0, 0.1) is 0 Å². The molecule has 3 rings (SSSR count). The second-order valence-electron chi connectivity index (χ2n) is 8.63. The predicted octanol–water partition coefficient (Wildman–Crippen LogP) is 5.50. The Bertz CT molecular complexity index is 1120. The van der Waals surface area contributed by atoms with Gasteiger partial charge in [0.05, 0.1) is 19.1 Å². The van der Waals surface area contributed by atoms with Gasteiger partial charge in [-0.05, 0) is 58.7 Å². The van der Waals surface area contributed by atoms with Gasteiger partial charge in [0.25, 0.3) is 0 Å². The van der Waals surface area contributed by atoms with Gasteiger partial charge in [-0.1, -0.05) is 45.0 Å². The lowest BCUT2D eigenvalue weighted by Crippen LogP contribution is -2.32. The van der Waals surface area contributed by atoms with Crippen molar-refractivity contribution in [3.63, 3.8) is 0 Å².